The summed E-state index contributed by atoms with van der Waals surface area (Å²) in [7, 11) is 0. The summed E-state index contributed by atoms with van der Waals surface area (Å²) in [5.74, 6) is -2.33. The van der Waals surface area contributed by atoms with E-state index in [9.17, 15) is 13.6 Å². The third-order valence-electron chi connectivity index (χ3n) is 2.65. The van der Waals surface area contributed by atoms with Gasteiger partial charge in [0.2, 0.25) is 0 Å². The molecule has 0 spiro atoms. The van der Waals surface area contributed by atoms with Crippen LogP contribution in [0.4, 0.5) is 8.78 Å². The zero-order chi connectivity index (χ0) is 14.0. The van der Waals surface area contributed by atoms with Crippen LogP contribution in [0, 0.1) is 11.6 Å². The van der Waals surface area contributed by atoms with Crippen LogP contribution in [0.5, 0.6) is 0 Å². The number of rotatable bonds is 3. The van der Waals surface area contributed by atoms with E-state index in [4.69, 9.17) is 16.7 Å². The summed E-state index contributed by atoms with van der Waals surface area (Å²) < 4.78 is 26.8. The van der Waals surface area contributed by atoms with Crippen LogP contribution >= 0.6 is 11.6 Å². The summed E-state index contributed by atoms with van der Waals surface area (Å²) in [6, 6.07) is 8.23. The minimum atomic E-state index is -1.14. The minimum absolute atomic E-state index is 0.0327. The molecule has 0 aromatic heterocycles. The molecule has 2 nitrogen and oxygen atoms in total. The lowest BCUT2D eigenvalue weighted by Crippen LogP contribution is -2.02. The summed E-state index contributed by atoms with van der Waals surface area (Å²) in [6.07, 6.45) is -0.438. The lowest BCUT2D eigenvalue weighted by molar-refractivity contribution is -0.136. The van der Waals surface area contributed by atoms with Gasteiger partial charge in [-0.25, -0.2) is 8.78 Å². The highest BCUT2D eigenvalue weighted by Crippen LogP contribution is 2.31. The van der Waals surface area contributed by atoms with Crippen molar-refractivity contribution in [1.82, 2.24) is 0 Å². The van der Waals surface area contributed by atoms with Crippen molar-refractivity contribution >= 4 is 17.6 Å². The van der Waals surface area contributed by atoms with Crippen LogP contribution < -0.4 is 0 Å². The third-order valence-corrected chi connectivity index (χ3v) is 3.03. The maximum Gasteiger partial charge on any atom is 0.307 e. The Bertz CT molecular complexity index is 641. The van der Waals surface area contributed by atoms with Crippen LogP contribution in [-0.2, 0) is 11.2 Å². The molecule has 0 saturated heterocycles. The molecule has 0 bridgehead atoms. The van der Waals surface area contributed by atoms with Gasteiger partial charge in [-0.2, -0.15) is 0 Å². The first kappa shape index (κ1) is 13.5. The van der Waals surface area contributed by atoms with Gasteiger partial charge in [-0.15, -0.1) is 0 Å². The zero-order valence-corrected chi connectivity index (χ0v) is 10.4. The van der Waals surface area contributed by atoms with E-state index < -0.39 is 24.0 Å². The highest BCUT2D eigenvalue weighted by molar-refractivity contribution is 6.33. The maximum atomic E-state index is 13.5. The molecule has 0 saturated carbocycles. The van der Waals surface area contributed by atoms with Gasteiger partial charge in [0, 0.05) is 5.56 Å². The molecule has 0 heterocycles. The van der Waals surface area contributed by atoms with Crippen LogP contribution in [0.25, 0.3) is 11.1 Å². The Morgan fingerprint density at radius 1 is 1.16 bits per heavy atom. The summed E-state index contributed by atoms with van der Waals surface area (Å²) >= 11 is 5.84. The minimum Gasteiger partial charge on any atom is -0.481 e. The third kappa shape index (κ3) is 2.90. The van der Waals surface area contributed by atoms with Crippen LogP contribution in [0.1, 0.15) is 5.56 Å². The second-order valence-corrected chi connectivity index (χ2v) is 4.36. The Hall–Kier alpha value is -1.94. The molecule has 0 radical (unpaired) electrons. The molecule has 2 aromatic rings. The van der Waals surface area contributed by atoms with E-state index in [1.165, 1.54) is 24.3 Å². The monoisotopic (exact) mass is 282 g/mol. The average Bonchev–Trinajstić information content (AvgIpc) is 2.35. The molecule has 2 rings (SSSR count). The largest absolute Gasteiger partial charge is 0.481 e. The van der Waals surface area contributed by atoms with Crippen molar-refractivity contribution in [2.75, 3.05) is 0 Å². The molecule has 5 heteroatoms. The molecule has 0 atom stereocenters. The fourth-order valence-electron chi connectivity index (χ4n) is 1.77. The Balaban J connectivity index is 2.51. The summed E-state index contributed by atoms with van der Waals surface area (Å²) in [4.78, 5) is 10.6. The standard InChI is InChI=1S/C14H9ClF2O2/c15-14-10(2-1-3-12(14)17)8-4-5-11(16)9(6-8)7-13(18)19/h1-6H,7H2,(H,18,19). The molecule has 0 unspecified atom stereocenters. The van der Waals surface area contributed by atoms with E-state index in [0.29, 0.717) is 11.1 Å². The van der Waals surface area contributed by atoms with Crippen LogP contribution in [0.15, 0.2) is 36.4 Å². The number of hydrogen-bond acceptors (Lipinski definition) is 1. The van der Waals surface area contributed by atoms with Crippen LogP contribution in [0.2, 0.25) is 5.02 Å². The molecule has 0 aliphatic heterocycles. The van der Waals surface area contributed by atoms with Gasteiger partial charge in [0.15, 0.2) is 0 Å². The van der Waals surface area contributed by atoms with E-state index in [0.717, 1.165) is 6.07 Å². The number of carboxylic acids is 1. The fraction of sp³-hybridized carbons (Fsp3) is 0.0714. The summed E-state index contributed by atoms with van der Waals surface area (Å²) in [5, 5.41) is 8.63. The molecule has 98 valence electrons. The number of hydrogen-bond donors (Lipinski definition) is 1. The van der Waals surface area contributed by atoms with Crippen molar-refractivity contribution in [3.63, 3.8) is 0 Å². The van der Waals surface area contributed by atoms with Gasteiger partial charge < -0.3 is 5.11 Å². The molecule has 1 N–H and O–H groups in total. The van der Waals surface area contributed by atoms with Gasteiger partial charge in [-0.05, 0) is 29.3 Å². The highest BCUT2D eigenvalue weighted by Gasteiger charge is 2.12. The van der Waals surface area contributed by atoms with E-state index in [2.05, 4.69) is 0 Å². The lowest BCUT2D eigenvalue weighted by atomic mass is 10.0. The van der Waals surface area contributed by atoms with Crippen molar-refractivity contribution in [2.45, 2.75) is 6.42 Å². The molecule has 0 aliphatic rings. The summed E-state index contributed by atoms with van der Waals surface area (Å²) in [6.45, 7) is 0. The van der Waals surface area contributed by atoms with E-state index in [1.807, 2.05) is 0 Å². The van der Waals surface area contributed by atoms with Crippen molar-refractivity contribution < 1.29 is 18.7 Å². The van der Waals surface area contributed by atoms with E-state index >= 15 is 0 Å². The molecular weight excluding hydrogens is 274 g/mol. The van der Waals surface area contributed by atoms with Gasteiger partial charge in [0.25, 0.3) is 0 Å². The zero-order valence-electron chi connectivity index (χ0n) is 9.66. The molecule has 19 heavy (non-hydrogen) atoms. The molecule has 2 aromatic carbocycles. The second kappa shape index (κ2) is 5.36. The predicted molar refractivity (Wildman–Crippen MR) is 68.1 cm³/mol. The number of carbonyl (C=O) groups is 1. The van der Waals surface area contributed by atoms with Crippen LogP contribution in [-0.4, -0.2) is 11.1 Å². The molecule has 0 amide bonds. The maximum absolute atomic E-state index is 13.5. The Labute approximate surface area is 113 Å². The van der Waals surface area contributed by atoms with Gasteiger partial charge in [-0.3, -0.25) is 4.79 Å². The first-order valence-corrected chi connectivity index (χ1v) is 5.81. The normalized spacial score (nSPS) is 10.5. The first-order valence-electron chi connectivity index (χ1n) is 5.43. The lowest BCUT2D eigenvalue weighted by Gasteiger charge is -2.08. The topological polar surface area (TPSA) is 37.3 Å². The SMILES string of the molecule is O=C(O)Cc1cc(-c2cccc(F)c2Cl)ccc1F. The highest BCUT2D eigenvalue weighted by atomic mass is 35.5. The Morgan fingerprint density at radius 2 is 1.89 bits per heavy atom. The fourth-order valence-corrected chi connectivity index (χ4v) is 2.00. The van der Waals surface area contributed by atoms with Gasteiger partial charge in [0.05, 0.1) is 11.4 Å². The smallest absolute Gasteiger partial charge is 0.307 e. The number of aliphatic carboxylic acids is 1. The van der Waals surface area contributed by atoms with Crippen molar-refractivity contribution in [3.8, 4) is 11.1 Å². The average molecular weight is 283 g/mol. The molecular formula is C14H9ClF2O2. The predicted octanol–water partition coefficient (Wildman–Crippen LogP) is 3.91. The van der Waals surface area contributed by atoms with Crippen molar-refractivity contribution in [3.05, 3.63) is 58.6 Å². The number of benzene rings is 2. The molecule has 0 aliphatic carbocycles. The number of halogens is 3. The van der Waals surface area contributed by atoms with E-state index in [1.54, 1.807) is 6.07 Å². The second-order valence-electron chi connectivity index (χ2n) is 3.98. The first-order chi connectivity index (χ1) is 8.99. The van der Waals surface area contributed by atoms with E-state index in [-0.39, 0.29) is 10.6 Å². The van der Waals surface area contributed by atoms with Crippen LogP contribution in [0.3, 0.4) is 0 Å². The van der Waals surface area contributed by atoms with Crippen molar-refractivity contribution in [1.29, 1.82) is 0 Å². The van der Waals surface area contributed by atoms with Gasteiger partial charge >= 0.3 is 5.97 Å². The Morgan fingerprint density at radius 3 is 2.58 bits per heavy atom. The van der Waals surface area contributed by atoms with Gasteiger partial charge in [-0.1, -0.05) is 29.8 Å². The van der Waals surface area contributed by atoms with Gasteiger partial charge in [0.1, 0.15) is 11.6 Å². The quantitative estimate of drug-likeness (QED) is 0.926. The Kier molecular flexibility index (Phi) is 3.81. The number of carboxylic acid groups (broad SMARTS) is 1. The summed E-state index contributed by atoms with van der Waals surface area (Å²) in [5.41, 5.74) is 0.904. The molecule has 0 fully saturated rings. The van der Waals surface area contributed by atoms with Crippen molar-refractivity contribution in [2.24, 2.45) is 0 Å².